The Kier molecular flexibility index (Phi) is 6.03. The number of benzene rings is 3. The van der Waals surface area contributed by atoms with Gasteiger partial charge in [0.15, 0.2) is 5.78 Å². The first-order valence-corrected chi connectivity index (χ1v) is 10.2. The van der Waals surface area contributed by atoms with E-state index < -0.39 is 11.2 Å². The molecule has 4 rings (SSSR count). The van der Waals surface area contributed by atoms with Crippen molar-refractivity contribution in [2.45, 2.75) is 13.5 Å². The van der Waals surface area contributed by atoms with E-state index in [1.54, 1.807) is 65.2 Å². The van der Waals surface area contributed by atoms with Gasteiger partial charge in [-0.15, -0.1) is 0 Å². The Labute approximate surface area is 184 Å². The van der Waals surface area contributed by atoms with Crippen molar-refractivity contribution >= 4 is 16.7 Å². The number of aromatic nitrogens is 1. The van der Waals surface area contributed by atoms with Gasteiger partial charge in [0.25, 0.3) is 0 Å². The minimum Gasteiger partial charge on any atom is -0.497 e. The summed E-state index contributed by atoms with van der Waals surface area (Å²) < 4.78 is 26.8. The lowest BCUT2D eigenvalue weighted by Crippen LogP contribution is -2.20. The lowest BCUT2D eigenvalue weighted by atomic mass is 10.0. The van der Waals surface area contributed by atoms with Gasteiger partial charge in [0.05, 0.1) is 36.7 Å². The average molecular weight is 431 g/mol. The molecule has 0 amide bonds. The molecular weight excluding hydrogens is 409 g/mol. The lowest BCUT2D eigenvalue weighted by Gasteiger charge is -2.15. The highest BCUT2D eigenvalue weighted by Gasteiger charge is 2.18. The van der Waals surface area contributed by atoms with E-state index in [9.17, 15) is 14.0 Å². The largest absolute Gasteiger partial charge is 0.497 e. The summed E-state index contributed by atoms with van der Waals surface area (Å²) in [5, 5.41) is 0.339. The molecule has 3 aromatic carbocycles. The highest BCUT2D eigenvalue weighted by Crippen LogP contribution is 2.22. The van der Waals surface area contributed by atoms with E-state index >= 15 is 0 Å². The topological polar surface area (TPSA) is 57.5 Å². The number of pyridine rings is 1. The number of ether oxygens (including phenoxy) is 2. The fourth-order valence-corrected chi connectivity index (χ4v) is 3.63. The number of nitrogens with zero attached hydrogens (tertiary/aromatic N) is 1. The molecule has 0 saturated heterocycles. The van der Waals surface area contributed by atoms with Crippen LogP contribution in [-0.2, 0) is 6.54 Å². The Balaban J connectivity index is 1.89. The summed E-state index contributed by atoms with van der Waals surface area (Å²) in [5.74, 6) is 0.374. The number of ketones is 1. The highest BCUT2D eigenvalue weighted by molar-refractivity contribution is 6.10. The minimum absolute atomic E-state index is 0.00709. The van der Waals surface area contributed by atoms with Crippen LogP contribution in [0.3, 0.4) is 0 Å². The number of carbonyl (C=O) groups excluding carboxylic acids is 1. The van der Waals surface area contributed by atoms with Crippen LogP contribution in [0.2, 0.25) is 0 Å². The predicted molar refractivity (Wildman–Crippen MR) is 121 cm³/mol. The van der Waals surface area contributed by atoms with Gasteiger partial charge < -0.3 is 14.0 Å². The summed E-state index contributed by atoms with van der Waals surface area (Å²) in [4.78, 5) is 26.5. The van der Waals surface area contributed by atoms with Crippen molar-refractivity contribution in [1.82, 2.24) is 4.57 Å². The molecule has 0 aliphatic rings. The SMILES string of the molecule is CCOc1ccc2c(c1)c(=O)c(C(=O)c1ccc(OC)cc1)cn2Cc1ccccc1F. The monoisotopic (exact) mass is 431 g/mol. The lowest BCUT2D eigenvalue weighted by molar-refractivity contribution is 0.103. The standard InChI is InChI=1S/C26H22FNO4/c1-3-32-20-12-13-24-21(14-20)26(30)22(25(29)17-8-10-19(31-2)11-9-17)16-28(24)15-18-6-4-5-7-23(18)27/h4-14,16H,3,15H2,1-2H3. The molecule has 0 bridgehead atoms. The maximum atomic E-state index is 14.3. The van der Waals surface area contributed by atoms with Crippen LogP contribution in [-0.4, -0.2) is 24.1 Å². The first-order valence-electron chi connectivity index (χ1n) is 10.2. The van der Waals surface area contributed by atoms with Crippen molar-refractivity contribution in [3.63, 3.8) is 0 Å². The van der Waals surface area contributed by atoms with E-state index in [1.807, 2.05) is 6.92 Å². The average Bonchev–Trinajstić information content (AvgIpc) is 2.82. The summed E-state index contributed by atoms with van der Waals surface area (Å²) in [7, 11) is 1.54. The highest BCUT2D eigenvalue weighted by atomic mass is 19.1. The Morgan fingerprint density at radius 2 is 1.72 bits per heavy atom. The molecule has 0 aliphatic heterocycles. The molecular formula is C26H22FNO4. The number of halogens is 1. The van der Waals surface area contributed by atoms with Crippen LogP contribution in [0, 0.1) is 5.82 Å². The first kappa shape index (κ1) is 21.3. The number of methoxy groups -OCH3 is 1. The molecule has 0 fully saturated rings. The fourth-order valence-electron chi connectivity index (χ4n) is 3.63. The molecule has 32 heavy (non-hydrogen) atoms. The minimum atomic E-state index is -0.413. The van der Waals surface area contributed by atoms with Gasteiger partial charge >= 0.3 is 0 Å². The number of rotatable bonds is 7. The third-order valence-corrected chi connectivity index (χ3v) is 5.26. The Hall–Kier alpha value is -3.93. The van der Waals surface area contributed by atoms with Crippen LogP contribution >= 0.6 is 0 Å². The van der Waals surface area contributed by atoms with E-state index in [-0.39, 0.29) is 17.9 Å². The van der Waals surface area contributed by atoms with Crippen molar-refractivity contribution < 1.29 is 18.7 Å². The van der Waals surface area contributed by atoms with Crippen LogP contribution in [0.25, 0.3) is 10.9 Å². The summed E-state index contributed by atoms with van der Waals surface area (Å²) >= 11 is 0. The van der Waals surface area contributed by atoms with Gasteiger partial charge in [-0.05, 0) is 55.5 Å². The van der Waals surface area contributed by atoms with Gasteiger partial charge in [-0.3, -0.25) is 9.59 Å². The van der Waals surface area contributed by atoms with Crippen LogP contribution in [0.1, 0.15) is 28.4 Å². The maximum absolute atomic E-state index is 14.3. The molecule has 162 valence electrons. The van der Waals surface area contributed by atoms with E-state index in [1.165, 1.54) is 19.4 Å². The first-order chi connectivity index (χ1) is 15.5. The summed E-state index contributed by atoms with van der Waals surface area (Å²) in [6, 6.07) is 18.1. The molecule has 0 spiro atoms. The van der Waals surface area contributed by atoms with E-state index in [4.69, 9.17) is 9.47 Å². The number of carbonyl (C=O) groups is 1. The summed E-state index contributed by atoms with van der Waals surface area (Å²) in [5.41, 5.74) is 1.02. The molecule has 0 saturated carbocycles. The zero-order valence-corrected chi connectivity index (χ0v) is 17.8. The van der Waals surface area contributed by atoms with Gasteiger partial charge in [-0.25, -0.2) is 4.39 Å². The van der Waals surface area contributed by atoms with E-state index in [0.717, 1.165) is 0 Å². The van der Waals surface area contributed by atoms with E-state index in [2.05, 4.69) is 0 Å². The van der Waals surface area contributed by atoms with Gasteiger partial charge in [0, 0.05) is 17.3 Å². The summed E-state index contributed by atoms with van der Waals surface area (Å²) in [6.07, 6.45) is 1.50. The van der Waals surface area contributed by atoms with Crippen molar-refractivity contribution in [3.05, 3.63) is 106 Å². The third-order valence-electron chi connectivity index (χ3n) is 5.26. The molecule has 4 aromatic rings. The Morgan fingerprint density at radius 3 is 2.41 bits per heavy atom. The second kappa shape index (κ2) is 9.06. The van der Waals surface area contributed by atoms with Gasteiger partial charge in [-0.2, -0.15) is 0 Å². The zero-order valence-electron chi connectivity index (χ0n) is 17.8. The number of hydrogen-bond acceptors (Lipinski definition) is 4. The second-order valence-electron chi connectivity index (χ2n) is 7.26. The number of hydrogen-bond donors (Lipinski definition) is 0. The molecule has 6 heteroatoms. The molecule has 5 nitrogen and oxygen atoms in total. The van der Waals surface area contributed by atoms with Crippen LogP contribution in [0.15, 0.2) is 77.7 Å². The van der Waals surface area contributed by atoms with Gasteiger partial charge in [0.2, 0.25) is 5.43 Å². The quantitative estimate of drug-likeness (QED) is 0.394. The van der Waals surface area contributed by atoms with Gasteiger partial charge in [0.1, 0.15) is 17.3 Å². The smallest absolute Gasteiger partial charge is 0.200 e. The van der Waals surface area contributed by atoms with Crippen molar-refractivity contribution in [1.29, 1.82) is 0 Å². The molecule has 0 N–H and O–H groups in total. The Bertz CT molecular complexity index is 1340. The molecule has 1 aromatic heterocycles. The normalized spacial score (nSPS) is 10.8. The number of fused-ring (bicyclic) bond motifs is 1. The van der Waals surface area contributed by atoms with E-state index in [0.29, 0.717) is 40.1 Å². The fraction of sp³-hybridized carbons (Fsp3) is 0.154. The predicted octanol–water partition coefficient (Wildman–Crippen LogP) is 4.83. The molecule has 0 atom stereocenters. The van der Waals surface area contributed by atoms with Crippen LogP contribution in [0.5, 0.6) is 11.5 Å². The molecule has 0 radical (unpaired) electrons. The van der Waals surface area contributed by atoms with Crippen molar-refractivity contribution in [3.8, 4) is 11.5 Å². The van der Waals surface area contributed by atoms with Crippen LogP contribution in [0.4, 0.5) is 4.39 Å². The van der Waals surface area contributed by atoms with Crippen molar-refractivity contribution in [2.75, 3.05) is 13.7 Å². The zero-order chi connectivity index (χ0) is 22.7. The summed E-state index contributed by atoms with van der Waals surface area (Å²) in [6.45, 7) is 2.46. The third kappa shape index (κ3) is 4.12. The molecule has 0 unspecified atom stereocenters. The van der Waals surface area contributed by atoms with Crippen LogP contribution < -0.4 is 14.9 Å². The molecule has 0 aliphatic carbocycles. The second-order valence-corrected chi connectivity index (χ2v) is 7.26. The molecule has 1 heterocycles. The van der Waals surface area contributed by atoms with Gasteiger partial charge in [-0.1, -0.05) is 18.2 Å². The van der Waals surface area contributed by atoms with Crippen molar-refractivity contribution in [2.24, 2.45) is 0 Å². The maximum Gasteiger partial charge on any atom is 0.200 e. The Morgan fingerprint density at radius 1 is 1.00 bits per heavy atom.